The van der Waals surface area contributed by atoms with Gasteiger partial charge in [-0.1, -0.05) is 30.4 Å². The Morgan fingerprint density at radius 1 is 1.27 bits per heavy atom. The third-order valence-corrected chi connectivity index (χ3v) is 5.13. The van der Waals surface area contributed by atoms with Crippen LogP contribution in [-0.4, -0.2) is 11.1 Å². The average Bonchev–Trinajstić information content (AvgIpc) is 3.01. The summed E-state index contributed by atoms with van der Waals surface area (Å²) < 4.78 is 6.19. The maximum atomic E-state index is 11.4. The molecule has 4 rings (SSSR count). The first kappa shape index (κ1) is 13.3. The Kier molecular flexibility index (Phi) is 3.12. The molecule has 1 unspecified atom stereocenters. The van der Waals surface area contributed by atoms with Gasteiger partial charge in [-0.15, -0.1) is 11.3 Å². The Bertz CT molecular complexity index is 813. The molecule has 4 heteroatoms. The second-order valence-electron chi connectivity index (χ2n) is 5.38. The number of hydrogen-bond donors (Lipinski definition) is 1. The SMILES string of the molecule is O=C(O)c1cc2c(s1)-c1ccccc1OC2C1=CCCC=C1. The molecule has 2 aliphatic rings. The molecular formula is C18H14O3S. The summed E-state index contributed by atoms with van der Waals surface area (Å²) in [6, 6.07) is 9.58. The van der Waals surface area contributed by atoms with Gasteiger partial charge in [-0.3, -0.25) is 0 Å². The van der Waals surface area contributed by atoms with Crippen molar-refractivity contribution >= 4 is 17.3 Å². The van der Waals surface area contributed by atoms with E-state index in [1.807, 2.05) is 24.3 Å². The van der Waals surface area contributed by atoms with Crippen LogP contribution in [0.2, 0.25) is 0 Å². The molecule has 2 aromatic rings. The normalized spacial score (nSPS) is 18.9. The maximum absolute atomic E-state index is 11.4. The smallest absolute Gasteiger partial charge is 0.345 e. The number of para-hydroxylation sites is 1. The molecule has 0 spiro atoms. The van der Waals surface area contributed by atoms with Crippen molar-refractivity contribution in [2.75, 3.05) is 0 Å². The number of carboxylic acids is 1. The van der Waals surface area contributed by atoms with Crippen molar-refractivity contribution in [2.24, 2.45) is 0 Å². The Hall–Kier alpha value is -2.33. The number of hydrogen-bond acceptors (Lipinski definition) is 3. The minimum atomic E-state index is -0.885. The van der Waals surface area contributed by atoms with Crippen molar-refractivity contribution in [1.29, 1.82) is 0 Å². The van der Waals surface area contributed by atoms with Crippen LogP contribution in [0.15, 0.2) is 54.1 Å². The fourth-order valence-electron chi connectivity index (χ4n) is 2.94. The first-order chi connectivity index (χ1) is 10.7. The van der Waals surface area contributed by atoms with Crippen LogP contribution in [0.4, 0.5) is 0 Å². The first-order valence-electron chi connectivity index (χ1n) is 7.24. The highest BCUT2D eigenvalue weighted by Gasteiger charge is 2.31. The van der Waals surface area contributed by atoms with Gasteiger partial charge in [-0.05, 0) is 36.6 Å². The highest BCUT2D eigenvalue weighted by Crippen LogP contribution is 2.49. The highest BCUT2D eigenvalue weighted by atomic mass is 32.1. The largest absolute Gasteiger partial charge is 0.480 e. The van der Waals surface area contributed by atoms with Gasteiger partial charge in [-0.2, -0.15) is 0 Å². The Morgan fingerprint density at radius 3 is 2.91 bits per heavy atom. The van der Waals surface area contributed by atoms with E-state index in [1.165, 1.54) is 11.3 Å². The first-order valence-corrected chi connectivity index (χ1v) is 8.05. The van der Waals surface area contributed by atoms with Gasteiger partial charge in [0.2, 0.25) is 0 Å². The van der Waals surface area contributed by atoms with Crippen molar-refractivity contribution < 1.29 is 14.6 Å². The Labute approximate surface area is 132 Å². The number of rotatable bonds is 2. The van der Waals surface area contributed by atoms with E-state index < -0.39 is 5.97 Å². The van der Waals surface area contributed by atoms with Gasteiger partial charge >= 0.3 is 5.97 Å². The topological polar surface area (TPSA) is 46.5 Å². The molecule has 1 aromatic heterocycles. The molecule has 22 heavy (non-hydrogen) atoms. The summed E-state index contributed by atoms with van der Waals surface area (Å²) in [5.41, 5.74) is 3.04. The van der Waals surface area contributed by atoms with Crippen molar-refractivity contribution in [2.45, 2.75) is 18.9 Å². The van der Waals surface area contributed by atoms with Crippen LogP contribution in [0.25, 0.3) is 10.4 Å². The van der Waals surface area contributed by atoms with E-state index in [1.54, 1.807) is 6.07 Å². The minimum Gasteiger partial charge on any atom is -0.480 e. The molecular weight excluding hydrogens is 296 g/mol. The lowest BCUT2D eigenvalue weighted by Gasteiger charge is -2.28. The summed E-state index contributed by atoms with van der Waals surface area (Å²) in [6.07, 6.45) is 8.24. The standard InChI is InChI=1S/C18H14O3S/c19-18(20)15-10-13-16(11-6-2-1-3-7-11)21-14-9-5-4-8-12(14)17(13)22-15/h2,4-10,16H,1,3H2,(H,19,20). The summed E-state index contributed by atoms with van der Waals surface area (Å²) in [7, 11) is 0. The van der Waals surface area contributed by atoms with Gasteiger partial charge in [0, 0.05) is 16.0 Å². The highest BCUT2D eigenvalue weighted by molar-refractivity contribution is 7.17. The molecule has 0 saturated carbocycles. The van der Waals surface area contributed by atoms with Gasteiger partial charge in [0.15, 0.2) is 0 Å². The minimum absolute atomic E-state index is 0.217. The van der Waals surface area contributed by atoms with Gasteiger partial charge in [-0.25, -0.2) is 4.79 Å². The van der Waals surface area contributed by atoms with E-state index in [2.05, 4.69) is 18.2 Å². The number of thiophene rings is 1. The van der Waals surface area contributed by atoms with Crippen LogP contribution in [0, 0.1) is 0 Å². The number of ether oxygens (including phenoxy) is 1. The van der Waals surface area contributed by atoms with Gasteiger partial charge < -0.3 is 9.84 Å². The number of aromatic carboxylic acids is 1. The molecule has 3 nitrogen and oxygen atoms in total. The number of benzene rings is 1. The van der Waals surface area contributed by atoms with Crippen LogP contribution in [-0.2, 0) is 0 Å². The monoisotopic (exact) mass is 310 g/mol. The fourth-order valence-corrected chi connectivity index (χ4v) is 3.99. The zero-order chi connectivity index (χ0) is 15.1. The predicted molar refractivity (Wildman–Crippen MR) is 86.5 cm³/mol. The van der Waals surface area contributed by atoms with Crippen LogP contribution < -0.4 is 4.74 Å². The number of allylic oxidation sites excluding steroid dienone is 2. The number of carbonyl (C=O) groups is 1. The average molecular weight is 310 g/mol. The molecule has 0 radical (unpaired) electrons. The zero-order valence-electron chi connectivity index (χ0n) is 11.8. The predicted octanol–water partition coefficient (Wildman–Crippen LogP) is 4.82. The quantitative estimate of drug-likeness (QED) is 0.864. The van der Waals surface area contributed by atoms with Crippen molar-refractivity contribution in [3.05, 3.63) is 64.6 Å². The number of fused-ring (bicyclic) bond motifs is 3. The van der Waals surface area contributed by atoms with E-state index in [0.29, 0.717) is 4.88 Å². The third kappa shape index (κ3) is 2.07. The van der Waals surface area contributed by atoms with E-state index in [4.69, 9.17) is 4.74 Å². The molecule has 1 atom stereocenters. The molecule has 0 amide bonds. The fraction of sp³-hybridized carbons (Fsp3) is 0.167. The van der Waals surface area contributed by atoms with E-state index in [-0.39, 0.29) is 6.10 Å². The lowest BCUT2D eigenvalue weighted by Crippen LogP contribution is -2.14. The molecule has 0 bridgehead atoms. The van der Waals surface area contributed by atoms with Crippen molar-refractivity contribution in [1.82, 2.24) is 0 Å². The molecule has 2 heterocycles. The Morgan fingerprint density at radius 2 is 2.14 bits per heavy atom. The molecule has 0 fully saturated rings. The molecule has 1 aromatic carbocycles. The third-order valence-electron chi connectivity index (χ3n) is 3.96. The van der Waals surface area contributed by atoms with Crippen LogP contribution in [0.5, 0.6) is 5.75 Å². The van der Waals surface area contributed by atoms with E-state index in [0.717, 1.165) is 40.2 Å². The van der Waals surface area contributed by atoms with E-state index in [9.17, 15) is 9.90 Å². The maximum Gasteiger partial charge on any atom is 0.345 e. The van der Waals surface area contributed by atoms with Crippen molar-refractivity contribution in [3.8, 4) is 16.2 Å². The molecule has 1 N–H and O–H groups in total. The van der Waals surface area contributed by atoms with Crippen LogP contribution in [0.1, 0.15) is 34.2 Å². The Balaban J connectivity index is 1.89. The van der Waals surface area contributed by atoms with Crippen molar-refractivity contribution in [3.63, 3.8) is 0 Å². The van der Waals surface area contributed by atoms with E-state index >= 15 is 0 Å². The van der Waals surface area contributed by atoms with Gasteiger partial charge in [0.05, 0.1) is 0 Å². The second kappa shape index (κ2) is 5.14. The number of carboxylic acid groups (broad SMARTS) is 1. The molecule has 0 saturated heterocycles. The summed E-state index contributed by atoms with van der Waals surface area (Å²) in [4.78, 5) is 12.7. The van der Waals surface area contributed by atoms with Gasteiger partial charge in [0.1, 0.15) is 16.7 Å². The van der Waals surface area contributed by atoms with Crippen LogP contribution in [0.3, 0.4) is 0 Å². The molecule has 1 aliphatic heterocycles. The summed E-state index contributed by atoms with van der Waals surface area (Å²) in [5, 5.41) is 9.32. The second-order valence-corrected chi connectivity index (χ2v) is 6.43. The lowest BCUT2D eigenvalue weighted by molar-refractivity contribution is 0.0702. The summed E-state index contributed by atoms with van der Waals surface area (Å²) in [5.74, 6) is -0.0672. The molecule has 1 aliphatic carbocycles. The van der Waals surface area contributed by atoms with Gasteiger partial charge in [0.25, 0.3) is 0 Å². The summed E-state index contributed by atoms with van der Waals surface area (Å²) >= 11 is 1.32. The van der Waals surface area contributed by atoms with Crippen LogP contribution >= 0.6 is 11.3 Å². The summed E-state index contributed by atoms with van der Waals surface area (Å²) in [6.45, 7) is 0. The lowest BCUT2D eigenvalue weighted by atomic mass is 9.93. The molecule has 110 valence electrons. The zero-order valence-corrected chi connectivity index (χ0v) is 12.6.